The van der Waals surface area contributed by atoms with Crippen LogP contribution in [-0.2, 0) is 9.59 Å². The molecule has 20 heavy (non-hydrogen) atoms. The highest BCUT2D eigenvalue weighted by atomic mass is 16.4. The molecular formula is C16H21NO3. The Morgan fingerprint density at radius 1 is 1.10 bits per heavy atom. The smallest absolute Gasteiger partial charge is 0.307 e. The molecular weight excluding hydrogens is 254 g/mol. The van der Waals surface area contributed by atoms with Gasteiger partial charge < -0.3 is 10.4 Å². The predicted molar refractivity (Wildman–Crippen MR) is 77.7 cm³/mol. The summed E-state index contributed by atoms with van der Waals surface area (Å²) < 4.78 is 0. The van der Waals surface area contributed by atoms with E-state index in [-0.39, 0.29) is 5.91 Å². The van der Waals surface area contributed by atoms with Gasteiger partial charge >= 0.3 is 5.97 Å². The van der Waals surface area contributed by atoms with Gasteiger partial charge in [-0.3, -0.25) is 9.59 Å². The van der Waals surface area contributed by atoms with Crippen molar-refractivity contribution in [3.63, 3.8) is 0 Å². The van der Waals surface area contributed by atoms with E-state index in [9.17, 15) is 9.59 Å². The number of carboxylic acids is 1. The average molecular weight is 275 g/mol. The summed E-state index contributed by atoms with van der Waals surface area (Å²) >= 11 is 0. The lowest BCUT2D eigenvalue weighted by atomic mass is 9.95. The van der Waals surface area contributed by atoms with Gasteiger partial charge in [-0.15, -0.1) is 0 Å². The van der Waals surface area contributed by atoms with E-state index in [2.05, 4.69) is 5.32 Å². The number of anilines is 1. The minimum atomic E-state index is -0.861. The third-order valence-electron chi connectivity index (χ3n) is 4.10. The lowest BCUT2D eigenvalue weighted by Crippen LogP contribution is -2.30. The van der Waals surface area contributed by atoms with Crippen LogP contribution >= 0.6 is 0 Å². The van der Waals surface area contributed by atoms with E-state index >= 15 is 0 Å². The number of carbonyl (C=O) groups is 2. The zero-order valence-corrected chi connectivity index (χ0v) is 12.2. The molecule has 0 saturated heterocycles. The van der Waals surface area contributed by atoms with Gasteiger partial charge in [0.2, 0.25) is 5.91 Å². The van der Waals surface area contributed by atoms with Gasteiger partial charge in [0.1, 0.15) is 0 Å². The van der Waals surface area contributed by atoms with Crippen molar-refractivity contribution in [3.05, 3.63) is 28.8 Å². The van der Waals surface area contributed by atoms with Crippen LogP contribution in [0.2, 0.25) is 0 Å². The first-order chi connectivity index (χ1) is 9.40. The lowest BCUT2D eigenvalue weighted by molar-refractivity contribution is -0.145. The molecule has 0 unspecified atom stereocenters. The molecule has 108 valence electrons. The van der Waals surface area contributed by atoms with E-state index < -0.39 is 17.8 Å². The lowest BCUT2D eigenvalue weighted by Gasteiger charge is -2.18. The fourth-order valence-electron chi connectivity index (χ4n) is 3.16. The van der Waals surface area contributed by atoms with Crippen molar-refractivity contribution in [2.45, 2.75) is 40.0 Å². The summed E-state index contributed by atoms with van der Waals surface area (Å²) in [7, 11) is 0. The maximum Gasteiger partial charge on any atom is 0.307 e. The van der Waals surface area contributed by atoms with E-state index in [0.717, 1.165) is 28.8 Å². The summed E-state index contributed by atoms with van der Waals surface area (Å²) in [5.74, 6) is -1.97. The van der Waals surface area contributed by atoms with Crippen molar-refractivity contribution in [3.8, 4) is 0 Å². The second kappa shape index (κ2) is 5.65. The maximum absolute atomic E-state index is 12.3. The predicted octanol–water partition coefficient (Wildman–Crippen LogP) is 3.05. The monoisotopic (exact) mass is 275 g/mol. The summed E-state index contributed by atoms with van der Waals surface area (Å²) in [5, 5.41) is 12.1. The van der Waals surface area contributed by atoms with Crippen molar-refractivity contribution in [2.24, 2.45) is 11.8 Å². The Labute approximate surface area is 119 Å². The minimum absolute atomic E-state index is 0.162. The number of carboxylic acid groups (broad SMARTS) is 1. The molecule has 0 aliphatic heterocycles. The second-order valence-corrected chi connectivity index (χ2v) is 5.75. The third-order valence-corrected chi connectivity index (χ3v) is 4.10. The highest BCUT2D eigenvalue weighted by molar-refractivity contribution is 5.96. The van der Waals surface area contributed by atoms with Crippen molar-refractivity contribution in [1.29, 1.82) is 0 Å². The van der Waals surface area contributed by atoms with Crippen LogP contribution in [0, 0.1) is 32.6 Å². The molecule has 4 nitrogen and oxygen atoms in total. The Morgan fingerprint density at radius 2 is 1.65 bits per heavy atom. The minimum Gasteiger partial charge on any atom is -0.481 e. The molecule has 2 rings (SSSR count). The van der Waals surface area contributed by atoms with E-state index in [1.807, 2.05) is 32.9 Å². The third kappa shape index (κ3) is 2.84. The quantitative estimate of drug-likeness (QED) is 0.891. The fourth-order valence-corrected chi connectivity index (χ4v) is 3.16. The molecule has 0 aromatic heterocycles. The number of rotatable bonds is 3. The zero-order chi connectivity index (χ0) is 14.9. The normalized spacial score (nSPS) is 21.8. The second-order valence-electron chi connectivity index (χ2n) is 5.75. The highest BCUT2D eigenvalue weighted by Crippen LogP contribution is 2.33. The molecule has 1 aromatic rings. The number of hydrogen-bond donors (Lipinski definition) is 2. The molecule has 1 amide bonds. The van der Waals surface area contributed by atoms with Crippen LogP contribution < -0.4 is 5.32 Å². The van der Waals surface area contributed by atoms with Gasteiger partial charge in [-0.1, -0.05) is 24.1 Å². The van der Waals surface area contributed by atoms with Gasteiger partial charge in [0.05, 0.1) is 11.8 Å². The van der Waals surface area contributed by atoms with Crippen LogP contribution in [0.1, 0.15) is 36.0 Å². The standard InChI is InChI=1S/C16H21NO3/c1-9-7-10(2)14(11(3)8-9)17-15(18)12-5-4-6-13(12)16(19)20/h7-8,12-13H,4-6H2,1-3H3,(H,17,18)(H,19,20)/t12-,13+/m1/s1. The van der Waals surface area contributed by atoms with Gasteiger partial charge in [0.25, 0.3) is 0 Å². The van der Waals surface area contributed by atoms with Gasteiger partial charge in [0, 0.05) is 5.69 Å². The van der Waals surface area contributed by atoms with Gasteiger partial charge in [-0.05, 0) is 44.7 Å². The number of amides is 1. The molecule has 0 spiro atoms. The van der Waals surface area contributed by atoms with Crippen molar-refractivity contribution in [1.82, 2.24) is 0 Å². The first-order valence-corrected chi connectivity index (χ1v) is 7.01. The Morgan fingerprint density at radius 3 is 2.20 bits per heavy atom. The molecule has 0 bridgehead atoms. The van der Waals surface area contributed by atoms with E-state index in [0.29, 0.717) is 12.8 Å². The summed E-state index contributed by atoms with van der Waals surface area (Å²) in [5.41, 5.74) is 4.00. The first-order valence-electron chi connectivity index (χ1n) is 7.01. The summed E-state index contributed by atoms with van der Waals surface area (Å²) in [6.07, 6.45) is 2.06. The number of nitrogens with one attached hydrogen (secondary N) is 1. The zero-order valence-electron chi connectivity index (χ0n) is 12.2. The molecule has 4 heteroatoms. The van der Waals surface area contributed by atoms with Crippen LogP contribution in [0.4, 0.5) is 5.69 Å². The van der Waals surface area contributed by atoms with Crippen molar-refractivity contribution < 1.29 is 14.7 Å². The Bertz CT molecular complexity index is 528. The first kappa shape index (κ1) is 14.6. The van der Waals surface area contributed by atoms with Gasteiger partial charge in [-0.2, -0.15) is 0 Å². The molecule has 2 atom stereocenters. The molecule has 2 N–H and O–H groups in total. The summed E-state index contributed by atoms with van der Waals surface area (Å²) in [4.78, 5) is 23.5. The highest BCUT2D eigenvalue weighted by Gasteiger charge is 2.37. The largest absolute Gasteiger partial charge is 0.481 e. The van der Waals surface area contributed by atoms with Crippen molar-refractivity contribution >= 4 is 17.6 Å². The van der Waals surface area contributed by atoms with Crippen LogP contribution in [-0.4, -0.2) is 17.0 Å². The van der Waals surface area contributed by atoms with Crippen molar-refractivity contribution in [2.75, 3.05) is 5.32 Å². The Hall–Kier alpha value is -1.84. The molecule has 1 aliphatic carbocycles. The number of benzene rings is 1. The number of hydrogen-bond acceptors (Lipinski definition) is 2. The van der Waals surface area contributed by atoms with Gasteiger partial charge in [0.15, 0.2) is 0 Å². The maximum atomic E-state index is 12.3. The number of carbonyl (C=O) groups excluding carboxylic acids is 1. The summed E-state index contributed by atoms with van der Waals surface area (Å²) in [6.45, 7) is 5.93. The van der Waals surface area contributed by atoms with E-state index in [4.69, 9.17) is 5.11 Å². The molecule has 0 heterocycles. The van der Waals surface area contributed by atoms with Gasteiger partial charge in [-0.25, -0.2) is 0 Å². The van der Waals surface area contributed by atoms with Crippen LogP contribution in [0.3, 0.4) is 0 Å². The number of aryl methyl sites for hydroxylation is 3. The van der Waals surface area contributed by atoms with E-state index in [1.54, 1.807) is 0 Å². The Balaban J connectivity index is 2.18. The molecule has 0 radical (unpaired) electrons. The van der Waals surface area contributed by atoms with E-state index in [1.165, 1.54) is 0 Å². The summed E-state index contributed by atoms with van der Waals surface area (Å²) in [6, 6.07) is 4.04. The average Bonchev–Trinajstić information content (AvgIpc) is 2.82. The van der Waals surface area contributed by atoms with Crippen LogP contribution in [0.5, 0.6) is 0 Å². The fraction of sp³-hybridized carbons (Fsp3) is 0.500. The molecule has 1 saturated carbocycles. The van der Waals surface area contributed by atoms with Crippen LogP contribution in [0.25, 0.3) is 0 Å². The topological polar surface area (TPSA) is 66.4 Å². The SMILES string of the molecule is Cc1cc(C)c(NC(=O)[C@@H]2CCC[C@@H]2C(=O)O)c(C)c1. The molecule has 1 fully saturated rings. The number of aliphatic carboxylic acids is 1. The van der Waals surface area contributed by atoms with Crippen LogP contribution in [0.15, 0.2) is 12.1 Å². The molecule has 1 aromatic carbocycles. The molecule has 1 aliphatic rings. The Kier molecular flexibility index (Phi) is 4.12.